The Hall–Kier alpha value is -0.900. The zero-order valence-corrected chi connectivity index (χ0v) is 21.1. The maximum atomic E-state index is 9.47. The summed E-state index contributed by atoms with van der Waals surface area (Å²) in [6.07, 6.45) is 22.7. The molecule has 0 aromatic heterocycles. The Labute approximate surface area is 199 Å². The van der Waals surface area contributed by atoms with Crippen molar-refractivity contribution in [3.63, 3.8) is 0 Å². The standard InChI is InChI=1S/C29H52O3/c1-2-3-4-5-6-7-8-9-10-11-12-13-14-15-16-20-24-32-29(26-30)27-31-25-23-28-21-18-17-19-22-28/h17-19,21-22,29-30H,2-16,20,23-27H2,1H3. The third-order valence-electron chi connectivity index (χ3n) is 6.24. The Bertz CT molecular complexity index is 477. The van der Waals surface area contributed by atoms with Crippen LogP contribution in [-0.2, 0) is 15.9 Å². The highest BCUT2D eigenvalue weighted by Crippen LogP contribution is 2.13. The van der Waals surface area contributed by atoms with Gasteiger partial charge in [0.1, 0.15) is 6.10 Å². The van der Waals surface area contributed by atoms with Gasteiger partial charge in [0, 0.05) is 6.61 Å². The quantitative estimate of drug-likeness (QED) is 0.163. The second-order valence-electron chi connectivity index (χ2n) is 9.29. The summed E-state index contributed by atoms with van der Waals surface area (Å²) in [4.78, 5) is 0. The van der Waals surface area contributed by atoms with E-state index in [1.54, 1.807) is 0 Å². The van der Waals surface area contributed by atoms with Crippen LogP contribution in [0.4, 0.5) is 0 Å². The van der Waals surface area contributed by atoms with Crippen LogP contribution in [0.15, 0.2) is 30.3 Å². The fraction of sp³-hybridized carbons (Fsp3) is 0.793. The molecule has 0 fully saturated rings. The first-order chi connectivity index (χ1) is 15.9. The molecule has 0 heterocycles. The van der Waals surface area contributed by atoms with Crippen LogP contribution in [0.25, 0.3) is 0 Å². The first-order valence-corrected chi connectivity index (χ1v) is 13.7. The van der Waals surface area contributed by atoms with Gasteiger partial charge < -0.3 is 14.6 Å². The third kappa shape index (κ3) is 18.7. The normalized spacial score (nSPS) is 12.3. The summed E-state index contributed by atoms with van der Waals surface area (Å²) in [5, 5.41) is 9.47. The van der Waals surface area contributed by atoms with Gasteiger partial charge in [-0.25, -0.2) is 0 Å². The molecule has 0 aliphatic carbocycles. The first-order valence-electron chi connectivity index (χ1n) is 13.7. The van der Waals surface area contributed by atoms with E-state index in [0.717, 1.165) is 19.4 Å². The lowest BCUT2D eigenvalue weighted by atomic mass is 10.0. The second-order valence-corrected chi connectivity index (χ2v) is 9.29. The highest BCUT2D eigenvalue weighted by molar-refractivity contribution is 5.14. The van der Waals surface area contributed by atoms with E-state index in [2.05, 4.69) is 19.1 Å². The molecule has 0 bridgehead atoms. The van der Waals surface area contributed by atoms with Crippen LogP contribution < -0.4 is 0 Å². The number of unbranched alkanes of at least 4 members (excludes halogenated alkanes) is 15. The first kappa shape index (κ1) is 29.1. The number of hydrogen-bond acceptors (Lipinski definition) is 3. The van der Waals surface area contributed by atoms with E-state index in [1.165, 1.54) is 102 Å². The minimum absolute atomic E-state index is 0.0319. The molecule has 0 aliphatic heterocycles. The van der Waals surface area contributed by atoms with E-state index in [9.17, 15) is 5.11 Å². The number of benzene rings is 1. The Morgan fingerprint density at radius 3 is 1.66 bits per heavy atom. The van der Waals surface area contributed by atoms with Gasteiger partial charge in [-0.05, 0) is 18.4 Å². The SMILES string of the molecule is CCCCCCCCCCCCCCCCCCOC(CO)COCCc1ccccc1. The molecule has 1 aromatic carbocycles. The smallest absolute Gasteiger partial charge is 0.104 e. The Morgan fingerprint density at radius 2 is 1.16 bits per heavy atom. The van der Waals surface area contributed by atoms with Crippen molar-refractivity contribution in [2.45, 2.75) is 122 Å². The number of hydrogen-bond donors (Lipinski definition) is 1. The van der Waals surface area contributed by atoms with Crippen molar-refractivity contribution in [3.05, 3.63) is 35.9 Å². The fourth-order valence-corrected chi connectivity index (χ4v) is 4.10. The lowest BCUT2D eigenvalue weighted by Crippen LogP contribution is -2.25. The molecule has 186 valence electrons. The number of aliphatic hydroxyl groups is 1. The highest BCUT2D eigenvalue weighted by Gasteiger charge is 2.07. The predicted molar refractivity (Wildman–Crippen MR) is 137 cm³/mol. The minimum atomic E-state index is -0.192. The monoisotopic (exact) mass is 448 g/mol. The molecule has 0 amide bonds. The summed E-state index contributed by atoms with van der Waals surface area (Å²) < 4.78 is 11.5. The number of rotatable bonds is 24. The zero-order valence-electron chi connectivity index (χ0n) is 21.1. The molecule has 1 rings (SSSR count). The summed E-state index contributed by atoms with van der Waals surface area (Å²) in [6, 6.07) is 10.3. The molecule has 32 heavy (non-hydrogen) atoms. The number of ether oxygens (including phenoxy) is 2. The zero-order chi connectivity index (χ0) is 23.0. The van der Waals surface area contributed by atoms with Crippen LogP contribution in [0.2, 0.25) is 0 Å². The van der Waals surface area contributed by atoms with Gasteiger partial charge in [0.15, 0.2) is 0 Å². The van der Waals surface area contributed by atoms with Gasteiger partial charge in [-0.15, -0.1) is 0 Å². The van der Waals surface area contributed by atoms with E-state index in [-0.39, 0.29) is 12.7 Å². The molecule has 1 N–H and O–H groups in total. The molecule has 3 nitrogen and oxygen atoms in total. The molecule has 1 aromatic rings. The number of aliphatic hydroxyl groups excluding tert-OH is 1. The minimum Gasteiger partial charge on any atom is -0.394 e. The van der Waals surface area contributed by atoms with Gasteiger partial charge in [0.25, 0.3) is 0 Å². The summed E-state index contributed by atoms with van der Waals surface area (Å²) in [6.45, 7) is 4.19. The maximum absolute atomic E-state index is 9.47. The fourth-order valence-electron chi connectivity index (χ4n) is 4.10. The second kappa shape index (κ2) is 23.3. The van der Waals surface area contributed by atoms with E-state index < -0.39 is 0 Å². The van der Waals surface area contributed by atoms with Crippen molar-refractivity contribution in [2.75, 3.05) is 26.4 Å². The summed E-state index contributed by atoms with van der Waals surface area (Å²) in [5.41, 5.74) is 1.28. The van der Waals surface area contributed by atoms with Gasteiger partial charge in [-0.1, -0.05) is 134 Å². The van der Waals surface area contributed by atoms with Gasteiger partial charge in [0.2, 0.25) is 0 Å². The summed E-state index contributed by atoms with van der Waals surface area (Å²) in [5.74, 6) is 0. The summed E-state index contributed by atoms with van der Waals surface area (Å²) in [7, 11) is 0. The Balaban J connectivity index is 1.78. The molecule has 0 saturated heterocycles. The van der Waals surface area contributed by atoms with Gasteiger partial charge in [-0.3, -0.25) is 0 Å². The van der Waals surface area contributed by atoms with Crippen molar-refractivity contribution >= 4 is 0 Å². The molecule has 1 unspecified atom stereocenters. The van der Waals surface area contributed by atoms with Crippen molar-refractivity contribution in [2.24, 2.45) is 0 Å². The van der Waals surface area contributed by atoms with Crippen LogP contribution in [0.3, 0.4) is 0 Å². The Kier molecular flexibility index (Phi) is 21.2. The van der Waals surface area contributed by atoms with Crippen LogP contribution in [0.1, 0.15) is 115 Å². The average molecular weight is 449 g/mol. The van der Waals surface area contributed by atoms with E-state index in [4.69, 9.17) is 9.47 Å². The maximum Gasteiger partial charge on any atom is 0.104 e. The predicted octanol–water partition coefficient (Wildman–Crippen LogP) is 7.88. The molecule has 0 aliphatic rings. The molecular weight excluding hydrogens is 396 g/mol. The largest absolute Gasteiger partial charge is 0.394 e. The lowest BCUT2D eigenvalue weighted by molar-refractivity contribution is -0.0427. The van der Waals surface area contributed by atoms with Gasteiger partial charge in [0.05, 0.1) is 19.8 Å². The van der Waals surface area contributed by atoms with Gasteiger partial charge >= 0.3 is 0 Å². The average Bonchev–Trinajstić information content (AvgIpc) is 2.83. The Morgan fingerprint density at radius 1 is 0.656 bits per heavy atom. The van der Waals surface area contributed by atoms with Crippen LogP contribution in [-0.4, -0.2) is 37.6 Å². The third-order valence-corrected chi connectivity index (χ3v) is 6.24. The lowest BCUT2D eigenvalue weighted by Gasteiger charge is -2.15. The van der Waals surface area contributed by atoms with Gasteiger partial charge in [-0.2, -0.15) is 0 Å². The van der Waals surface area contributed by atoms with E-state index in [0.29, 0.717) is 13.2 Å². The molecule has 0 saturated carbocycles. The van der Waals surface area contributed by atoms with E-state index >= 15 is 0 Å². The van der Waals surface area contributed by atoms with Crippen molar-refractivity contribution in [3.8, 4) is 0 Å². The van der Waals surface area contributed by atoms with E-state index in [1.807, 2.05) is 18.2 Å². The van der Waals surface area contributed by atoms with Crippen LogP contribution in [0, 0.1) is 0 Å². The van der Waals surface area contributed by atoms with Crippen molar-refractivity contribution < 1.29 is 14.6 Å². The molecule has 0 radical (unpaired) electrons. The molecule has 0 spiro atoms. The van der Waals surface area contributed by atoms with Crippen LogP contribution >= 0.6 is 0 Å². The highest BCUT2D eigenvalue weighted by atomic mass is 16.5. The molecular formula is C29H52O3. The molecule has 1 atom stereocenters. The molecule has 3 heteroatoms. The topological polar surface area (TPSA) is 38.7 Å². The van der Waals surface area contributed by atoms with Crippen LogP contribution in [0.5, 0.6) is 0 Å². The summed E-state index contributed by atoms with van der Waals surface area (Å²) >= 11 is 0. The van der Waals surface area contributed by atoms with Crippen molar-refractivity contribution in [1.82, 2.24) is 0 Å². The van der Waals surface area contributed by atoms with Crippen molar-refractivity contribution in [1.29, 1.82) is 0 Å².